The lowest BCUT2D eigenvalue weighted by atomic mass is 10.2. The van der Waals surface area contributed by atoms with E-state index in [2.05, 4.69) is 15.4 Å². The van der Waals surface area contributed by atoms with Crippen LogP contribution < -0.4 is 15.4 Å². The lowest BCUT2D eigenvalue weighted by Gasteiger charge is -2.10. The fourth-order valence-corrected chi connectivity index (χ4v) is 2.99. The normalized spacial score (nSPS) is 14.3. The maximum atomic E-state index is 11.9. The molecule has 1 fully saturated rings. The number of amides is 1. The first kappa shape index (κ1) is 18.9. The van der Waals surface area contributed by atoms with E-state index in [-0.39, 0.29) is 29.8 Å². The molecule has 1 aliphatic rings. The number of halogens is 1. The lowest BCUT2D eigenvalue weighted by Crippen LogP contribution is -2.29. The molecule has 3 N–H and O–H groups in total. The monoisotopic (exact) mass is 347 g/mol. The van der Waals surface area contributed by atoms with Crippen LogP contribution in [-0.4, -0.2) is 34.5 Å². The number of rotatable bonds is 7. The van der Waals surface area contributed by atoms with Crippen molar-refractivity contribution in [2.45, 2.75) is 24.7 Å². The molecule has 0 saturated heterocycles. The maximum Gasteiger partial charge on any atom is 0.240 e. The average molecular weight is 348 g/mol. The van der Waals surface area contributed by atoms with E-state index >= 15 is 0 Å². The second kappa shape index (κ2) is 7.92. The van der Waals surface area contributed by atoms with Gasteiger partial charge in [0, 0.05) is 5.69 Å². The molecular weight excluding hydrogens is 326 g/mol. The van der Waals surface area contributed by atoms with Crippen molar-refractivity contribution in [3.63, 3.8) is 0 Å². The van der Waals surface area contributed by atoms with E-state index in [1.165, 1.54) is 26.0 Å². The summed E-state index contributed by atoms with van der Waals surface area (Å²) < 4.78 is 26.0. The van der Waals surface area contributed by atoms with Crippen LogP contribution in [-0.2, 0) is 14.8 Å². The van der Waals surface area contributed by atoms with E-state index in [9.17, 15) is 13.2 Å². The third-order valence-electron chi connectivity index (χ3n) is 3.45. The molecule has 0 heterocycles. The Kier molecular flexibility index (Phi) is 6.80. The zero-order valence-electron chi connectivity index (χ0n) is 12.7. The maximum absolute atomic E-state index is 11.9. The van der Waals surface area contributed by atoms with Gasteiger partial charge in [-0.25, -0.2) is 13.1 Å². The summed E-state index contributed by atoms with van der Waals surface area (Å²) in [7, 11) is -2.16. The summed E-state index contributed by atoms with van der Waals surface area (Å²) in [5, 5.41) is 5.80. The molecule has 0 unspecified atom stereocenters. The van der Waals surface area contributed by atoms with Gasteiger partial charge in [0.15, 0.2) is 0 Å². The molecule has 1 saturated carbocycles. The van der Waals surface area contributed by atoms with Gasteiger partial charge in [0.05, 0.1) is 11.4 Å². The Morgan fingerprint density at radius 2 is 2.00 bits per heavy atom. The highest BCUT2D eigenvalue weighted by atomic mass is 35.5. The van der Waals surface area contributed by atoms with E-state index in [0.29, 0.717) is 17.2 Å². The number of nitrogens with one attached hydrogen (secondary N) is 3. The molecule has 22 heavy (non-hydrogen) atoms. The van der Waals surface area contributed by atoms with Crippen LogP contribution in [0.2, 0.25) is 0 Å². The Morgan fingerprint density at radius 1 is 1.32 bits per heavy atom. The summed E-state index contributed by atoms with van der Waals surface area (Å²) in [4.78, 5) is 12.0. The standard InChI is InChI=1S/C14H21N3O3S.ClH/c1-10-3-6-12(7-13(10)21(19,20)15-2)17-14(18)9-16-8-11-4-5-11;/h3,6-7,11,15-16H,4-5,8-9H2,1-2H3,(H,17,18);1H. The van der Waals surface area contributed by atoms with Gasteiger partial charge in [-0.15, -0.1) is 12.4 Å². The zero-order valence-corrected chi connectivity index (χ0v) is 14.3. The molecule has 2 rings (SSSR count). The smallest absolute Gasteiger partial charge is 0.240 e. The summed E-state index contributed by atoms with van der Waals surface area (Å²) >= 11 is 0. The highest BCUT2D eigenvalue weighted by molar-refractivity contribution is 7.89. The predicted molar refractivity (Wildman–Crippen MR) is 88.9 cm³/mol. The summed E-state index contributed by atoms with van der Waals surface area (Å²) in [5.74, 6) is 0.539. The van der Waals surface area contributed by atoms with E-state index in [1.54, 1.807) is 19.1 Å². The van der Waals surface area contributed by atoms with E-state index < -0.39 is 10.0 Å². The van der Waals surface area contributed by atoms with Crippen LogP contribution in [0.4, 0.5) is 5.69 Å². The minimum Gasteiger partial charge on any atom is -0.325 e. The third-order valence-corrected chi connectivity index (χ3v) is 5.00. The molecule has 124 valence electrons. The molecule has 1 aromatic rings. The summed E-state index contributed by atoms with van der Waals surface area (Å²) in [6, 6.07) is 4.85. The van der Waals surface area contributed by atoms with Crippen molar-refractivity contribution in [2.75, 3.05) is 25.5 Å². The quantitative estimate of drug-likeness (QED) is 0.693. The molecule has 0 aromatic heterocycles. The Bertz CT molecular complexity index is 630. The van der Waals surface area contributed by atoms with Gasteiger partial charge in [-0.2, -0.15) is 0 Å². The van der Waals surface area contributed by atoms with Crippen molar-refractivity contribution in [1.82, 2.24) is 10.0 Å². The van der Waals surface area contributed by atoms with Crippen molar-refractivity contribution in [3.8, 4) is 0 Å². The van der Waals surface area contributed by atoms with Crippen molar-refractivity contribution >= 4 is 34.0 Å². The van der Waals surface area contributed by atoms with Crippen LogP contribution >= 0.6 is 12.4 Å². The second-order valence-electron chi connectivity index (χ2n) is 5.31. The fraction of sp³-hybridized carbons (Fsp3) is 0.500. The Morgan fingerprint density at radius 3 is 2.59 bits per heavy atom. The van der Waals surface area contributed by atoms with E-state index in [0.717, 1.165) is 6.54 Å². The highest BCUT2D eigenvalue weighted by Crippen LogP contribution is 2.27. The molecule has 6 nitrogen and oxygen atoms in total. The Hall–Kier alpha value is -1.15. The van der Waals surface area contributed by atoms with Gasteiger partial charge in [-0.3, -0.25) is 4.79 Å². The van der Waals surface area contributed by atoms with E-state index in [1.807, 2.05) is 0 Å². The van der Waals surface area contributed by atoms with Gasteiger partial charge < -0.3 is 10.6 Å². The van der Waals surface area contributed by atoms with Crippen LogP contribution in [0, 0.1) is 12.8 Å². The fourth-order valence-electron chi connectivity index (χ4n) is 1.99. The molecule has 0 atom stereocenters. The Balaban J connectivity index is 0.00000242. The Labute approximate surface area is 137 Å². The highest BCUT2D eigenvalue weighted by Gasteiger charge is 2.20. The van der Waals surface area contributed by atoms with Crippen molar-refractivity contribution in [1.29, 1.82) is 0 Å². The van der Waals surface area contributed by atoms with Gasteiger partial charge in [0.1, 0.15) is 0 Å². The average Bonchev–Trinajstić information content (AvgIpc) is 3.25. The number of aryl methyl sites for hydroxylation is 1. The molecule has 0 aliphatic heterocycles. The number of benzene rings is 1. The van der Waals surface area contributed by atoms with Gasteiger partial charge in [0.25, 0.3) is 0 Å². The molecule has 0 spiro atoms. The minimum absolute atomic E-state index is 0. The van der Waals surface area contributed by atoms with Crippen LogP contribution in [0.3, 0.4) is 0 Å². The van der Waals surface area contributed by atoms with Crippen molar-refractivity contribution in [2.24, 2.45) is 5.92 Å². The molecule has 0 bridgehead atoms. The van der Waals surface area contributed by atoms with Crippen LogP contribution in [0.1, 0.15) is 18.4 Å². The zero-order chi connectivity index (χ0) is 15.5. The van der Waals surface area contributed by atoms with Gasteiger partial charge in [-0.1, -0.05) is 6.07 Å². The lowest BCUT2D eigenvalue weighted by molar-refractivity contribution is -0.115. The number of carbonyl (C=O) groups excluding carboxylic acids is 1. The second-order valence-corrected chi connectivity index (χ2v) is 7.17. The number of hydrogen-bond donors (Lipinski definition) is 3. The molecular formula is C14H22ClN3O3S. The van der Waals surface area contributed by atoms with Crippen LogP contribution in [0.15, 0.2) is 23.1 Å². The molecule has 0 radical (unpaired) electrons. The number of carbonyl (C=O) groups is 1. The van der Waals surface area contributed by atoms with Gasteiger partial charge in [0.2, 0.25) is 15.9 Å². The van der Waals surface area contributed by atoms with Crippen LogP contribution in [0.5, 0.6) is 0 Å². The van der Waals surface area contributed by atoms with Gasteiger partial charge >= 0.3 is 0 Å². The molecule has 1 amide bonds. The number of anilines is 1. The molecule has 1 aliphatic carbocycles. The minimum atomic E-state index is -3.52. The summed E-state index contributed by atoms with van der Waals surface area (Å²) in [6.07, 6.45) is 2.47. The molecule has 1 aromatic carbocycles. The largest absolute Gasteiger partial charge is 0.325 e. The van der Waals surface area contributed by atoms with Crippen molar-refractivity contribution in [3.05, 3.63) is 23.8 Å². The molecule has 8 heteroatoms. The topological polar surface area (TPSA) is 87.3 Å². The first-order valence-electron chi connectivity index (χ1n) is 6.97. The SMILES string of the molecule is CNS(=O)(=O)c1cc(NC(=O)CNCC2CC2)ccc1C.Cl. The third kappa shape index (κ3) is 5.24. The van der Waals surface area contributed by atoms with Crippen LogP contribution in [0.25, 0.3) is 0 Å². The summed E-state index contributed by atoms with van der Waals surface area (Å²) in [6.45, 7) is 2.81. The van der Waals surface area contributed by atoms with Gasteiger partial charge in [-0.05, 0) is 57.0 Å². The predicted octanol–water partition coefficient (Wildman–Crippen LogP) is 1.26. The summed E-state index contributed by atoms with van der Waals surface area (Å²) in [5.41, 5.74) is 1.11. The first-order chi connectivity index (χ1) is 9.92. The van der Waals surface area contributed by atoms with Crippen molar-refractivity contribution < 1.29 is 13.2 Å². The number of sulfonamides is 1. The first-order valence-corrected chi connectivity index (χ1v) is 8.45. The van der Waals surface area contributed by atoms with E-state index in [4.69, 9.17) is 0 Å². The number of hydrogen-bond acceptors (Lipinski definition) is 4.